The van der Waals surface area contributed by atoms with Crippen LogP contribution in [0.5, 0.6) is 0 Å². The van der Waals surface area contributed by atoms with Crippen LogP contribution in [0.2, 0.25) is 0 Å². The summed E-state index contributed by atoms with van der Waals surface area (Å²) in [6, 6.07) is 5.47. The van der Waals surface area contributed by atoms with Crippen LogP contribution in [0.25, 0.3) is 11.6 Å². The average molecular weight is 318 g/mol. The van der Waals surface area contributed by atoms with Gasteiger partial charge < -0.3 is 4.52 Å². The van der Waals surface area contributed by atoms with Crippen LogP contribution < -0.4 is 0 Å². The molecule has 21 heavy (non-hydrogen) atoms. The number of nitrogens with zero attached hydrogens (tertiary/aromatic N) is 4. The quantitative estimate of drug-likeness (QED) is 0.859. The van der Waals surface area contributed by atoms with E-state index < -0.39 is 0 Å². The van der Waals surface area contributed by atoms with Crippen LogP contribution in [-0.4, -0.2) is 31.9 Å². The first-order valence-corrected chi connectivity index (χ1v) is 8.85. The molecule has 1 fully saturated rings. The Morgan fingerprint density at radius 2 is 2.24 bits per heavy atom. The molecule has 0 amide bonds. The van der Waals surface area contributed by atoms with Crippen molar-refractivity contribution in [2.45, 2.75) is 23.8 Å². The van der Waals surface area contributed by atoms with Crippen molar-refractivity contribution in [2.24, 2.45) is 0 Å². The average Bonchev–Trinajstić information content (AvgIpc) is 3.04. The van der Waals surface area contributed by atoms with Crippen molar-refractivity contribution < 1.29 is 4.52 Å². The number of hydrogen-bond donors (Lipinski definition) is 0. The lowest BCUT2D eigenvalue weighted by molar-refractivity contribution is 0.420. The number of rotatable bonds is 3. The molecule has 0 aromatic carbocycles. The molecule has 3 rings (SSSR count). The predicted molar refractivity (Wildman–Crippen MR) is 84.0 cm³/mol. The van der Waals surface area contributed by atoms with Gasteiger partial charge in [0.2, 0.25) is 0 Å². The molecule has 0 saturated carbocycles. The third kappa shape index (κ3) is 3.06. The van der Waals surface area contributed by atoms with Gasteiger partial charge in [-0.3, -0.25) is 0 Å². The fourth-order valence-electron chi connectivity index (χ4n) is 2.18. The Kier molecular flexibility index (Phi) is 4.46. The molecule has 3 heterocycles. The molecule has 0 spiro atoms. The zero-order chi connectivity index (χ0) is 14.7. The highest BCUT2D eigenvalue weighted by Crippen LogP contribution is 2.43. The van der Waals surface area contributed by atoms with Gasteiger partial charge in [0.05, 0.1) is 10.8 Å². The first kappa shape index (κ1) is 14.4. The molecule has 0 aliphatic carbocycles. The van der Waals surface area contributed by atoms with Crippen molar-refractivity contribution in [1.82, 2.24) is 15.1 Å². The molecule has 108 valence electrons. The fourth-order valence-corrected chi connectivity index (χ4v) is 5.17. The third-order valence-corrected chi connectivity index (χ3v) is 6.50. The van der Waals surface area contributed by atoms with Crippen LogP contribution in [0.3, 0.4) is 0 Å². The molecular weight excluding hydrogens is 304 g/mol. The monoisotopic (exact) mass is 318 g/mol. The summed E-state index contributed by atoms with van der Waals surface area (Å²) in [6.07, 6.45) is 2.61. The minimum atomic E-state index is 0.282. The molecular formula is C14H14N4OS2. The minimum Gasteiger partial charge on any atom is -0.332 e. The molecule has 1 saturated heterocycles. The van der Waals surface area contributed by atoms with Crippen LogP contribution in [0.15, 0.2) is 22.9 Å². The fraction of sp³-hybridized carbons (Fsp3) is 0.429. The smallest absolute Gasteiger partial charge is 0.276 e. The zero-order valence-corrected chi connectivity index (χ0v) is 13.2. The Bertz CT molecular complexity index is 650. The maximum Gasteiger partial charge on any atom is 0.276 e. The van der Waals surface area contributed by atoms with Gasteiger partial charge in [-0.1, -0.05) is 12.1 Å². The molecule has 1 aliphatic rings. The summed E-state index contributed by atoms with van der Waals surface area (Å²) >= 11 is 3.88. The number of pyridine rings is 1. The van der Waals surface area contributed by atoms with Gasteiger partial charge in [-0.15, -0.1) is 11.8 Å². The molecule has 2 aromatic rings. The summed E-state index contributed by atoms with van der Waals surface area (Å²) in [5, 5.41) is 13.7. The predicted octanol–water partition coefficient (Wildman–Crippen LogP) is 3.30. The van der Waals surface area contributed by atoms with Crippen molar-refractivity contribution in [3.63, 3.8) is 0 Å². The summed E-state index contributed by atoms with van der Waals surface area (Å²) in [5.74, 6) is 3.47. The Labute approximate surface area is 131 Å². The van der Waals surface area contributed by atoms with Crippen LogP contribution in [0.1, 0.15) is 30.0 Å². The molecule has 5 nitrogen and oxygen atoms in total. The van der Waals surface area contributed by atoms with Crippen molar-refractivity contribution >= 4 is 23.5 Å². The minimum absolute atomic E-state index is 0.282. The molecule has 0 bridgehead atoms. The van der Waals surface area contributed by atoms with Gasteiger partial charge in [-0.05, 0) is 18.6 Å². The van der Waals surface area contributed by atoms with Gasteiger partial charge in [-0.2, -0.15) is 22.0 Å². The molecule has 0 N–H and O–H groups in total. The molecule has 1 aliphatic heterocycles. The Balaban J connectivity index is 1.83. The lowest BCUT2D eigenvalue weighted by Gasteiger charge is -2.27. The summed E-state index contributed by atoms with van der Waals surface area (Å²) in [5.41, 5.74) is 1.12. The van der Waals surface area contributed by atoms with E-state index in [0.717, 1.165) is 18.0 Å². The lowest BCUT2D eigenvalue weighted by Crippen LogP contribution is -2.19. The van der Waals surface area contributed by atoms with Gasteiger partial charge in [0.15, 0.2) is 5.82 Å². The highest BCUT2D eigenvalue weighted by Gasteiger charge is 2.30. The SMILES string of the molecule is CCC1SCCSC1c1noc(-c2ccc(C#N)cn2)n1. The first-order valence-electron chi connectivity index (χ1n) is 6.75. The van der Waals surface area contributed by atoms with Crippen LogP contribution in [0, 0.1) is 11.3 Å². The van der Waals surface area contributed by atoms with E-state index in [9.17, 15) is 0 Å². The Morgan fingerprint density at radius 3 is 2.95 bits per heavy atom. The second-order valence-electron chi connectivity index (χ2n) is 4.61. The van der Waals surface area contributed by atoms with E-state index in [2.05, 4.69) is 22.0 Å². The molecule has 2 atom stereocenters. The van der Waals surface area contributed by atoms with E-state index in [4.69, 9.17) is 9.78 Å². The van der Waals surface area contributed by atoms with E-state index in [-0.39, 0.29) is 5.25 Å². The molecule has 7 heteroatoms. The second-order valence-corrected chi connectivity index (χ2v) is 7.21. The van der Waals surface area contributed by atoms with E-state index in [1.54, 1.807) is 12.1 Å². The van der Waals surface area contributed by atoms with Gasteiger partial charge in [0.1, 0.15) is 11.8 Å². The third-order valence-electron chi connectivity index (χ3n) is 3.26. The standard InChI is InChI=1S/C14H14N4OS2/c1-2-11-12(21-6-5-20-11)13-17-14(19-18-13)10-4-3-9(7-15)8-16-10/h3-4,8,11-12H,2,5-6H2,1H3. The van der Waals surface area contributed by atoms with Crippen LogP contribution in [-0.2, 0) is 0 Å². The van der Waals surface area contributed by atoms with Crippen molar-refractivity contribution in [1.29, 1.82) is 5.26 Å². The van der Waals surface area contributed by atoms with E-state index in [1.165, 1.54) is 11.9 Å². The van der Waals surface area contributed by atoms with Crippen molar-refractivity contribution in [3.05, 3.63) is 29.7 Å². The maximum atomic E-state index is 8.78. The molecule has 0 radical (unpaired) electrons. The largest absolute Gasteiger partial charge is 0.332 e. The highest BCUT2D eigenvalue weighted by atomic mass is 32.2. The van der Waals surface area contributed by atoms with Crippen molar-refractivity contribution in [2.75, 3.05) is 11.5 Å². The second kappa shape index (κ2) is 6.50. The lowest BCUT2D eigenvalue weighted by atomic mass is 10.2. The van der Waals surface area contributed by atoms with Gasteiger partial charge in [-0.25, -0.2) is 4.98 Å². The number of thioether (sulfide) groups is 2. The number of nitriles is 1. The molecule has 2 unspecified atom stereocenters. The summed E-state index contributed by atoms with van der Waals surface area (Å²) in [7, 11) is 0. The normalized spacial score (nSPS) is 21.9. The Hall–Kier alpha value is -1.52. The van der Waals surface area contributed by atoms with Crippen molar-refractivity contribution in [3.8, 4) is 17.7 Å². The molecule has 2 aromatic heterocycles. The summed E-state index contributed by atoms with van der Waals surface area (Å²) < 4.78 is 5.34. The number of aromatic nitrogens is 3. The zero-order valence-electron chi connectivity index (χ0n) is 11.5. The van der Waals surface area contributed by atoms with E-state index >= 15 is 0 Å². The summed E-state index contributed by atoms with van der Waals surface area (Å²) in [4.78, 5) is 8.69. The van der Waals surface area contributed by atoms with Gasteiger partial charge in [0, 0.05) is 23.0 Å². The van der Waals surface area contributed by atoms with Crippen LogP contribution >= 0.6 is 23.5 Å². The van der Waals surface area contributed by atoms with Crippen LogP contribution in [0.4, 0.5) is 0 Å². The highest BCUT2D eigenvalue weighted by molar-refractivity contribution is 8.06. The first-order chi connectivity index (χ1) is 10.3. The Morgan fingerprint density at radius 1 is 1.38 bits per heavy atom. The maximum absolute atomic E-state index is 8.78. The topological polar surface area (TPSA) is 75.6 Å². The number of hydrogen-bond acceptors (Lipinski definition) is 7. The van der Waals surface area contributed by atoms with E-state index in [1.807, 2.05) is 29.6 Å². The van der Waals surface area contributed by atoms with Gasteiger partial charge in [0.25, 0.3) is 5.89 Å². The summed E-state index contributed by atoms with van der Waals surface area (Å²) in [6.45, 7) is 2.19. The van der Waals surface area contributed by atoms with Gasteiger partial charge >= 0.3 is 0 Å². The van der Waals surface area contributed by atoms with E-state index in [0.29, 0.717) is 22.4 Å².